The zero-order chi connectivity index (χ0) is 20.2. The van der Waals surface area contributed by atoms with Gasteiger partial charge in [-0.2, -0.15) is 13.2 Å². The van der Waals surface area contributed by atoms with Crippen molar-refractivity contribution in [3.8, 4) is 0 Å². The Morgan fingerprint density at radius 3 is 2.34 bits per heavy atom. The summed E-state index contributed by atoms with van der Waals surface area (Å²) in [7, 11) is 1.74. The van der Waals surface area contributed by atoms with Crippen LogP contribution in [0.1, 0.15) is 36.8 Å². The molecule has 0 atom stereocenters. The van der Waals surface area contributed by atoms with E-state index in [0.717, 1.165) is 24.5 Å². The second-order valence-corrected chi connectivity index (χ2v) is 7.03. The molecule has 1 aliphatic heterocycles. The Bertz CT molecular complexity index is 590. The fourth-order valence-electron chi connectivity index (χ4n) is 3.12. The maximum absolute atomic E-state index is 12.1. The zero-order valence-corrected chi connectivity index (χ0v) is 19.3. The van der Waals surface area contributed by atoms with Crippen LogP contribution in [-0.2, 0) is 17.9 Å². The van der Waals surface area contributed by atoms with Crippen molar-refractivity contribution in [3.63, 3.8) is 0 Å². The van der Waals surface area contributed by atoms with Crippen LogP contribution in [0.2, 0.25) is 0 Å². The normalized spacial score (nSPS) is 15.2. The molecule has 1 heterocycles. The van der Waals surface area contributed by atoms with Crippen molar-refractivity contribution in [2.24, 2.45) is 4.99 Å². The minimum atomic E-state index is -4.29. The molecule has 29 heavy (non-hydrogen) atoms. The number of halogens is 4. The Morgan fingerprint density at radius 2 is 1.72 bits per heavy atom. The van der Waals surface area contributed by atoms with Gasteiger partial charge in [0.05, 0.1) is 6.61 Å². The predicted octanol–water partition coefficient (Wildman–Crippen LogP) is 3.92. The molecule has 1 aliphatic rings. The summed E-state index contributed by atoms with van der Waals surface area (Å²) in [4.78, 5) is 6.74. The number of benzene rings is 1. The van der Waals surface area contributed by atoms with Crippen molar-refractivity contribution in [2.75, 3.05) is 39.8 Å². The maximum Gasteiger partial charge on any atom is 0.411 e. The van der Waals surface area contributed by atoms with Crippen LogP contribution in [0, 0.1) is 0 Å². The van der Waals surface area contributed by atoms with E-state index in [1.165, 1.54) is 38.9 Å². The molecule has 1 aromatic carbocycles. The molecular weight excluding hydrogens is 496 g/mol. The first-order chi connectivity index (χ1) is 13.5. The van der Waals surface area contributed by atoms with E-state index in [-0.39, 0.29) is 30.6 Å². The van der Waals surface area contributed by atoms with Crippen LogP contribution < -0.4 is 10.6 Å². The highest BCUT2D eigenvalue weighted by Crippen LogP contribution is 2.15. The standard InChI is InChI=1S/C20H31F3N4O.HI/c1-24-19(25-10-2-3-11-27-12-4-5-13-27)26-14-17-6-8-18(9-7-17)15-28-16-20(21,22)23;/h6-9H,2-5,10-16H2,1H3,(H2,24,25,26);1H. The van der Waals surface area contributed by atoms with Gasteiger partial charge in [-0.1, -0.05) is 24.3 Å². The summed E-state index contributed by atoms with van der Waals surface area (Å²) in [6.07, 6.45) is 0.652. The number of hydrogen-bond donors (Lipinski definition) is 2. The van der Waals surface area contributed by atoms with Gasteiger partial charge in [0.2, 0.25) is 0 Å². The number of unbranched alkanes of at least 4 members (excludes halogenated alkanes) is 1. The van der Waals surface area contributed by atoms with Gasteiger partial charge < -0.3 is 20.3 Å². The summed E-state index contributed by atoms with van der Waals surface area (Å²) >= 11 is 0. The molecule has 5 nitrogen and oxygen atoms in total. The van der Waals surface area contributed by atoms with Crippen molar-refractivity contribution < 1.29 is 17.9 Å². The lowest BCUT2D eigenvalue weighted by Gasteiger charge is -2.15. The van der Waals surface area contributed by atoms with Crippen LogP contribution >= 0.6 is 24.0 Å². The highest BCUT2D eigenvalue weighted by atomic mass is 127. The van der Waals surface area contributed by atoms with Gasteiger partial charge in [0.25, 0.3) is 0 Å². The third-order valence-corrected chi connectivity index (χ3v) is 4.63. The number of guanidine groups is 1. The van der Waals surface area contributed by atoms with Crippen molar-refractivity contribution in [1.29, 1.82) is 0 Å². The lowest BCUT2D eigenvalue weighted by Crippen LogP contribution is -2.37. The van der Waals surface area contributed by atoms with E-state index in [2.05, 4.69) is 25.3 Å². The smallest absolute Gasteiger partial charge is 0.367 e. The molecule has 0 saturated carbocycles. The van der Waals surface area contributed by atoms with Gasteiger partial charge in [0.15, 0.2) is 5.96 Å². The van der Waals surface area contributed by atoms with Crippen LogP contribution in [0.15, 0.2) is 29.3 Å². The molecule has 1 aromatic rings. The minimum absolute atomic E-state index is 0. The van der Waals surface area contributed by atoms with E-state index in [0.29, 0.717) is 12.1 Å². The lowest BCUT2D eigenvalue weighted by atomic mass is 10.1. The molecule has 0 radical (unpaired) electrons. The van der Waals surface area contributed by atoms with Gasteiger partial charge in [-0.05, 0) is 56.4 Å². The topological polar surface area (TPSA) is 48.9 Å². The average molecular weight is 528 g/mol. The van der Waals surface area contributed by atoms with Crippen molar-refractivity contribution >= 4 is 29.9 Å². The highest BCUT2D eigenvalue weighted by Gasteiger charge is 2.27. The first-order valence-corrected chi connectivity index (χ1v) is 9.85. The fourth-order valence-corrected chi connectivity index (χ4v) is 3.12. The van der Waals surface area contributed by atoms with E-state index < -0.39 is 12.8 Å². The summed E-state index contributed by atoms with van der Waals surface area (Å²) in [5.74, 6) is 0.749. The Balaban J connectivity index is 0.00000420. The summed E-state index contributed by atoms with van der Waals surface area (Å²) in [5.41, 5.74) is 1.74. The summed E-state index contributed by atoms with van der Waals surface area (Å²) in [6, 6.07) is 7.31. The van der Waals surface area contributed by atoms with Crippen molar-refractivity contribution in [1.82, 2.24) is 15.5 Å². The number of likely N-dealkylation sites (tertiary alicyclic amines) is 1. The molecule has 1 saturated heterocycles. The van der Waals surface area contributed by atoms with Crippen LogP contribution in [0.4, 0.5) is 13.2 Å². The Labute approximate surface area is 188 Å². The van der Waals surface area contributed by atoms with E-state index in [1.54, 1.807) is 19.2 Å². The molecule has 0 aliphatic carbocycles. The molecule has 2 rings (SSSR count). The number of rotatable bonds is 10. The zero-order valence-electron chi connectivity index (χ0n) is 16.9. The molecule has 1 fully saturated rings. The molecule has 0 spiro atoms. The van der Waals surface area contributed by atoms with E-state index in [9.17, 15) is 13.2 Å². The summed E-state index contributed by atoms with van der Waals surface area (Å²) in [5, 5.41) is 6.56. The minimum Gasteiger partial charge on any atom is -0.367 e. The Morgan fingerprint density at radius 1 is 1.07 bits per heavy atom. The van der Waals surface area contributed by atoms with Gasteiger partial charge >= 0.3 is 6.18 Å². The van der Waals surface area contributed by atoms with Crippen molar-refractivity contribution in [3.05, 3.63) is 35.4 Å². The number of aliphatic imine (C=N–C) groups is 1. The molecule has 9 heteroatoms. The summed E-state index contributed by atoms with van der Waals surface area (Å²) in [6.45, 7) is 3.85. The van der Waals surface area contributed by atoms with E-state index in [1.807, 2.05) is 12.1 Å². The van der Waals surface area contributed by atoms with Gasteiger partial charge in [0, 0.05) is 20.1 Å². The van der Waals surface area contributed by atoms with E-state index in [4.69, 9.17) is 0 Å². The quantitative estimate of drug-likeness (QED) is 0.209. The number of alkyl halides is 3. The van der Waals surface area contributed by atoms with Crippen molar-refractivity contribution in [2.45, 2.75) is 45.0 Å². The number of nitrogens with zero attached hydrogens (tertiary/aromatic N) is 2. The number of ether oxygens (including phenoxy) is 1. The molecule has 0 aromatic heterocycles. The first kappa shape index (κ1) is 26.0. The lowest BCUT2D eigenvalue weighted by molar-refractivity contribution is -0.176. The average Bonchev–Trinajstić information content (AvgIpc) is 3.17. The van der Waals surface area contributed by atoms with E-state index >= 15 is 0 Å². The second kappa shape index (κ2) is 14.0. The highest BCUT2D eigenvalue weighted by molar-refractivity contribution is 14.0. The fraction of sp³-hybridized carbons (Fsp3) is 0.650. The Hall–Kier alpha value is -1.07. The van der Waals surface area contributed by atoms with Crippen LogP contribution in [0.3, 0.4) is 0 Å². The monoisotopic (exact) mass is 528 g/mol. The maximum atomic E-state index is 12.1. The predicted molar refractivity (Wildman–Crippen MR) is 121 cm³/mol. The van der Waals surface area contributed by atoms with Crippen LogP contribution in [0.5, 0.6) is 0 Å². The Kier molecular flexibility index (Phi) is 12.6. The van der Waals surface area contributed by atoms with Gasteiger partial charge in [-0.25, -0.2) is 0 Å². The van der Waals surface area contributed by atoms with Crippen LogP contribution in [0.25, 0.3) is 0 Å². The first-order valence-electron chi connectivity index (χ1n) is 9.85. The number of hydrogen-bond acceptors (Lipinski definition) is 3. The molecule has 0 bridgehead atoms. The van der Waals surface area contributed by atoms with Gasteiger partial charge in [-0.15, -0.1) is 24.0 Å². The number of nitrogens with one attached hydrogen (secondary N) is 2. The third kappa shape index (κ3) is 11.6. The largest absolute Gasteiger partial charge is 0.411 e. The SMILES string of the molecule is CN=C(NCCCCN1CCCC1)NCc1ccc(COCC(F)(F)F)cc1.I. The summed E-state index contributed by atoms with van der Waals surface area (Å²) < 4.78 is 40.9. The molecule has 166 valence electrons. The molecular formula is C20H32F3IN4O. The van der Waals surface area contributed by atoms with Crippen LogP contribution in [-0.4, -0.2) is 56.9 Å². The molecule has 0 unspecified atom stereocenters. The molecule has 2 N–H and O–H groups in total. The third-order valence-electron chi connectivity index (χ3n) is 4.63. The second-order valence-electron chi connectivity index (χ2n) is 7.03. The molecule has 0 amide bonds. The van der Waals surface area contributed by atoms with Gasteiger partial charge in [0.1, 0.15) is 6.61 Å². The van der Waals surface area contributed by atoms with Gasteiger partial charge in [-0.3, -0.25) is 4.99 Å².